The van der Waals surface area contributed by atoms with E-state index < -0.39 is 0 Å². The molecule has 0 bridgehead atoms. The molecule has 0 amide bonds. The normalized spacial score (nSPS) is 11.7. The third-order valence-electron chi connectivity index (χ3n) is 3.81. The lowest BCUT2D eigenvalue weighted by atomic mass is 10.1. The predicted octanol–water partition coefficient (Wildman–Crippen LogP) is 3.36. The summed E-state index contributed by atoms with van der Waals surface area (Å²) in [5.74, 6) is 2.96. The Morgan fingerprint density at radius 2 is 1.92 bits per heavy atom. The Bertz CT molecular complexity index is 649. The van der Waals surface area contributed by atoms with E-state index in [1.165, 1.54) is 5.56 Å². The summed E-state index contributed by atoms with van der Waals surface area (Å²) in [5, 5.41) is 6.60. The van der Waals surface area contributed by atoms with Gasteiger partial charge in [0.1, 0.15) is 5.82 Å². The van der Waals surface area contributed by atoms with E-state index in [2.05, 4.69) is 34.4 Å². The molecule has 1 aromatic heterocycles. The van der Waals surface area contributed by atoms with Gasteiger partial charge in [0.05, 0.1) is 14.2 Å². The molecule has 24 heavy (non-hydrogen) atoms. The van der Waals surface area contributed by atoms with Crippen molar-refractivity contribution in [3.8, 4) is 11.5 Å². The molecule has 0 aliphatic carbocycles. The molecule has 0 saturated heterocycles. The first-order valence-electron chi connectivity index (χ1n) is 8.20. The second-order valence-corrected chi connectivity index (χ2v) is 5.59. The SMILES string of the molecule is CCC(C)Nc1nccc(NCCc2ccc(OC)c(OC)c2)n1. The summed E-state index contributed by atoms with van der Waals surface area (Å²) >= 11 is 0. The molecule has 1 atom stereocenters. The fraction of sp³-hybridized carbons (Fsp3) is 0.444. The maximum atomic E-state index is 5.33. The van der Waals surface area contributed by atoms with Crippen LogP contribution in [0.25, 0.3) is 0 Å². The van der Waals surface area contributed by atoms with Crippen molar-refractivity contribution in [2.24, 2.45) is 0 Å². The lowest BCUT2D eigenvalue weighted by molar-refractivity contribution is 0.354. The lowest BCUT2D eigenvalue weighted by Gasteiger charge is -2.13. The highest BCUT2D eigenvalue weighted by molar-refractivity contribution is 5.44. The van der Waals surface area contributed by atoms with Crippen molar-refractivity contribution in [1.82, 2.24) is 9.97 Å². The molecule has 6 heteroatoms. The van der Waals surface area contributed by atoms with E-state index in [-0.39, 0.29) is 0 Å². The molecule has 0 fully saturated rings. The standard InChI is InChI=1S/C18H26N4O2/c1-5-13(2)21-18-20-11-9-17(22-18)19-10-8-14-6-7-15(23-3)16(12-14)24-4/h6-7,9,11-13H,5,8,10H2,1-4H3,(H2,19,20,21,22). The summed E-state index contributed by atoms with van der Waals surface area (Å²) in [7, 11) is 3.28. The Balaban J connectivity index is 1.91. The lowest BCUT2D eigenvalue weighted by Crippen LogP contribution is -2.16. The van der Waals surface area contributed by atoms with Crippen LogP contribution in [0.4, 0.5) is 11.8 Å². The molecule has 0 aliphatic heterocycles. The maximum absolute atomic E-state index is 5.33. The number of nitrogens with one attached hydrogen (secondary N) is 2. The number of aromatic nitrogens is 2. The molecular formula is C18H26N4O2. The van der Waals surface area contributed by atoms with E-state index in [0.29, 0.717) is 12.0 Å². The van der Waals surface area contributed by atoms with Crippen LogP contribution in [0.1, 0.15) is 25.8 Å². The van der Waals surface area contributed by atoms with E-state index in [0.717, 1.165) is 36.7 Å². The number of hydrogen-bond donors (Lipinski definition) is 2. The van der Waals surface area contributed by atoms with Crippen LogP contribution in [0, 0.1) is 0 Å². The molecule has 6 nitrogen and oxygen atoms in total. The number of hydrogen-bond acceptors (Lipinski definition) is 6. The van der Waals surface area contributed by atoms with Crippen molar-refractivity contribution < 1.29 is 9.47 Å². The quantitative estimate of drug-likeness (QED) is 0.735. The van der Waals surface area contributed by atoms with Gasteiger partial charge < -0.3 is 20.1 Å². The fourth-order valence-electron chi connectivity index (χ4n) is 2.22. The number of ether oxygens (including phenoxy) is 2. The second kappa shape index (κ2) is 8.96. The van der Waals surface area contributed by atoms with Crippen molar-refractivity contribution >= 4 is 11.8 Å². The van der Waals surface area contributed by atoms with Gasteiger partial charge >= 0.3 is 0 Å². The smallest absolute Gasteiger partial charge is 0.224 e. The van der Waals surface area contributed by atoms with Crippen LogP contribution < -0.4 is 20.1 Å². The monoisotopic (exact) mass is 330 g/mol. The van der Waals surface area contributed by atoms with Gasteiger partial charge in [0, 0.05) is 18.8 Å². The van der Waals surface area contributed by atoms with Gasteiger partial charge in [-0.2, -0.15) is 4.98 Å². The van der Waals surface area contributed by atoms with Crippen molar-refractivity contribution in [2.75, 3.05) is 31.4 Å². The van der Waals surface area contributed by atoms with Crippen LogP contribution in [-0.2, 0) is 6.42 Å². The minimum Gasteiger partial charge on any atom is -0.493 e. The number of benzene rings is 1. The average Bonchev–Trinajstić information content (AvgIpc) is 2.61. The highest BCUT2D eigenvalue weighted by atomic mass is 16.5. The van der Waals surface area contributed by atoms with Crippen molar-refractivity contribution in [3.63, 3.8) is 0 Å². The molecule has 130 valence electrons. The fourth-order valence-corrected chi connectivity index (χ4v) is 2.22. The van der Waals surface area contributed by atoms with Gasteiger partial charge in [-0.05, 0) is 43.5 Å². The summed E-state index contributed by atoms with van der Waals surface area (Å²) in [4.78, 5) is 8.72. The Kier molecular flexibility index (Phi) is 6.66. The summed E-state index contributed by atoms with van der Waals surface area (Å²) in [6, 6.07) is 8.19. The van der Waals surface area contributed by atoms with Gasteiger partial charge in [-0.15, -0.1) is 0 Å². The zero-order valence-corrected chi connectivity index (χ0v) is 14.8. The van der Waals surface area contributed by atoms with Crippen LogP contribution in [0.3, 0.4) is 0 Å². The number of anilines is 2. The Hall–Kier alpha value is -2.50. The van der Waals surface area contributed by atoms with Gasteiger partial charge in [-0.1, -0.05) is 13.0 Å². The Morgan fingerprint density at radius 3 is 2.62 bits per heavy atom. The van der Waals surface area contributed by atoms with Gasteiger partial charge in [0.15, 0.2) is 11.5 Å². The van der Waals surface area contributed by atoms with E-state index in [1.807, 2.05) is 24.3 Å². The van der Waals surface area contributed by atoms with Crippen LogP contribution in [0.5, 0.6) is 11.5 Å². The Labute approximate surface area is 143 Å². The highest BCUT2D eigenvalue weighted by Crippen LogP contribution is 2.27. The molecule has 2 aromatic rings. The molecule has 0 saturated carbocycles. The van der Waals surface area contributed by atoms with Crippen LogP contribution in [0.15, 0.2) is 30.5 Å². The zero-order valence-electron chi connectivity index (χ0n) is 14.8. The van der Waals surface area contributed by atoms with E-state index >= 15 is 0 Å². The largest absolute Gasteiger partial charge is 0.493 e. The number of methoxy groups -OCH3 is 2. The predicted molar refractivity (Wildman–Crippen MR) is 97.1 cm³/mol. The topological polar surface area (TPSA) is 68.3 Å². The number of rotatable bonds is 9. The van der Waals surface area contributed by atoms with Gasteiger partial charge in [-0.25, -0.2) is 4.98 Å². The van der Waals surface area contributed by atoms with Crippen LogP contribution in [0.2, 0.25) is 0 Å². The molecule has 1 heterocycles. The minimum atomic E-state index is 0.354. The van der Waals surface area contributed by atoms with Crippen molar-refractivity contribution in [2.45, 2.75) is 32.7 Å². The molecule has 1 aromatic carbocycles. The summed E-state index contributed by atoms with van der Waals surface area (Å²) in [5.41, 5.74) is 1.17. The van der Waals surface area contributed by atoms with Crippen molar-refractivity contribution in [3.05, 3.63) is 36.0 Å². The minimum absolute atomic E-state index is 0.354. The first-order chi connectivity index (χ1) is 11.7. The van der Waals surface area contributed by atoms with Crippen molar-refractivity contribution in [1.29, 1.82) is 0 Å². The highest BCUT2D eigenvalue weighted by Gasteiger charge is 2.05. The van der Waals surface area contributed by atoms with Crippen LogP contribution >= 0.6 is 0 Å². The second-order valence-electron chi connectivity index (χ2n) is 5.59. The van der Waals surface area contributed by atoms with E-state index in [4.69, 9.17) is 9.47 Å². The first-order valence-corrected chi connectivity index (χ1v) is 8.20. The molecule has 0 spiro atoms. The molecule has 2 rings (SSSR count). The molecule has 0 aliphatic rings. The number of nitrogens with zero attached hydrogens (tertiary/aromatic N) is 2. The van der Waals surface area contributed by atoms with E-state index in [1.54, 1.807) is 20.4 Å². The molecule has 1 unspecified atom stereocenters. The summed E-state index contributed by atoms with van der Waals surface area (Å²) in [6.45, 7) is 5.01. The van der Waals surface area contributed by atoms with Gasteiger partial charge in [0.2, 0.25) is 5.95 Å². The van der Waals surface area contributed by atoms with Crippen LogP contribution in [-0.4, -0.2) is 36.8 Å². The molecule has 2 N–H and O–H groups in total. The first kappa shape index (κ1) is 17.8. The van der Waals surface area contributed by atoms with Gasteiger partial charge in [0.25, 0.3) is 0 Å². The molecule has 0 radical (unpaired) electrons. The van der Waals surface area contributed by atoms with Gasteiger partial charge in [-0.3, -0.25) is 0 Å². The third-order valence-corrected chi connectivity index (χ3v) is 3.81. The maximum Gasteiger partial charge on any atom is 0.224 e. The zero-order chi connectivity index (χ0) is 17.4. The third kappa shape index (κ3) is 5.01. The summed E-state index contributed by atoms with van der Waals surface area (Å²) in [6.07, 6.45) is 3.65. The average molecular weight is 330 g/mol. The summed E-state index contributed by atoms with van der Waals surface area (Å²) < 4.78 is 10.6. The molecular weight excluding hydrogens is 304 g/mol. The Morgan fingerprint density at radius 1 is 1.12 bits per heavy atom. The van der Waals surface area contributed by atoms with E-state index in [9.17, 15) is 0 Å².